The lowest BCUT2D eigenvalue weighted by atomic mass is 9.79. The number of anilines is 1. The third kappa shape index (κ3) is 6.51. The molecule has 3 aromatic rings. The molecule has 1 amide bonds. The van der Waals surface area contributed by atoms with Crippen molar-refractivity contribution in [3.8, 4) is 0 Å². The molecule has 5 nitrogen and oxygen atoms in total. The van der Waals surface area contributed by atoms with E-state index in [1.165, 1.54) is 9.87 Å². The van der Waals surface area contributed by atoms with Gasteiger partial charge in [-0.15, -0.1) is 0 Å². The summed E-state index contributed by atoms with van der Waals surface area (Å²) < 4.78 is 28.6. The van der Waals surface area contributed by atoms with E-state index in [0.717, 1.165) is 17.5 Å². The Balaban J connectivity index is 1.85. The number of benzene rings is 3. The van der Waals surface area contributed by atoms with Crippen LogP contribution in [0.5, 0.6) is 0 Å². The Kier molecular flexibility index (Phi) is 8.39. The van der Waals surface area contributed by atoms with Gasteiger partial charge < -0.3 is 5.32 Å². The van der Waals surface area contributed by atoms with Crippen LogP contribution < -0.4 is 9.62 Å². The molecule has 3 rings (SSSR count). The highest BCUT2D eigenvalue weighted by atomic mass is 32.2. The lowest BCUT2D eigenvalue weighted by Crippen LogP contribution is -2.45. The smallest absolute Gasteiger partial charge is 0.264 e. The molecule has 0 radical (unpaired) electrons. The normalized spacial score (nSPS) is 12.7. The van der Waals surface area contributed by atoms with Crippen molar-refractivity contribution in [1.29, 1.82) is 0 Å². The molecule has 0 spiro atoms. The Morgan fingerprint density at radius 3 is 2.17 bits per heavy atom. The summed E-state index contributed by atoms with van der Waals surface area (Å²) in [5.74, 6) is -0.331. The monoisotopic (exact) mass is 492 g/mol. The highest BCUT2D eigenvalue weighted by molar-refractivity contribution is 7.92. The lowest BCUT2D eigenvalue weighted by molar-refractivity contribution is -0.120. The van der Waals surface area contributed by atoms with E-state index in [1.807, 2.05) is 51.1 Å². The molecule has 1 N–H and O–H groups in total. The van der Waals surface area contributed by atoms with Crippen LogP contribution in [0, 0.1) is 6.92 Å². The first kappa shape index (κ1) is 26.5. The molecule has 186 valence electrons. The summed E-state index contributed by atoms with van der Waals surface area (Å²) in [6, 6.07) is 24.1. The maximum Gasteiger partial charge on any atom is 0.264 e. The molecule has 0 aromatic heterocycles. The van der Waals surface area contributed by atoms with E-state index >= 15 is 0 Å². The number of aryl methyl sites for hydroxylation is 2. The fraction of sp³-hybridized carbons (Fsp3) is 0.345. The highest BCUT2D eigenvalue weighted by Crippen LogP contribution is 2.29. The summed E-state index contributed by atoms with van der Waals surface area (Å²) in [4.78, 5) is 13.3. The van der Waals surface area contributed by atoms with Crippen molar-refractivity contribution in [3.05, 3.63) is 95.6 Å². The largest absolute Gasteiger partial charge is 0.352 e. The van der Waals surface area contributed by atoms with Crippen LogP contribution in [0.15, 0.2) is 83.8 Å². The predicted octanol–water partition coefficient (Wildman–Crippen LogP) is 5.63. The topological polar surface area (TPSA) is 66.5 Å². The second-order valence-corrected chi connectivity index (χ2v) is 11.6. The number of nitrogens with zero attached hydrogens (tertiary/aromatic N) is 1. The minimum atomic E-state index is -3.94. The minimum Gasteiger partial charge on any atom is -0.352 e. The lowest BCUT2D eigenvalue weighted by Gasteiger charge is -2.30. The number of nitrogens with one attached hydrogen (secondary N) is 1. The molecule has 35 heavy (non-hydrogen) atoms. The molecule has 1 unspecified atom stereocenters. The zero-order chi connectivity index (χ0) is 25.6. The first-order valence-corrected chi connectivity index (χ1v) is 13.5. The maximum absolute atomic E-state index is 13.7. The third-order valence-corrected chi connectivity index (χ3v) is 8.09. The zero-order valence-corrected chi connectivity index (χ0v) is 22.1. The van der Waals surface area contributed by atoms with E-state index in [1.54, 1.807) is 36.4 Å². The van der Waals surface area contributed by atoms with Crippen LogP contribution in [0.3, 0.4) is 0 Å². The van der Waals surface area contributed by atoms with Gasteiger partial charge in [-0.3, -0.25) is 9.10 Å². The number of carbonyl (C=O) groups is 1. The van der Waals surface area contributed by atoms with Crippen molar-refractivity contribution in [1.82, 2.24) is 5.32 Å². The van der Waals surface area contributed by atoms with Gasteiger partial charge in [-0.05, 0) is 61.4 Å². The van der Waals surface area contributed by atoms with E-state index in [-0.39, 0.29) is 28.8 Å². The van der Waals surface area contributed by atoms with Gasteiger partial charge in [-0.2, -0.15) is 0 Å². The molecule has 0 aliphatic rings. The van der Waals surface area contributed by atoms with Gasteiger partial charge in [-0.25, -0.2) is 8.42 Å². The van der Waals surface area contributed by atoms with Crippen LogP contribution in [0.25, 0.3) is 0 Å². The molecule has 6 heteroatoms. The van der Waals surface area contributed by atoms with Crippen LogP contribution >= 0.6 is 0 Å². The quantitative estimate of drug-likeness (QED) is 0.399. The molecule has 3 aromatic carbocycles. The summed E-state index contributed by atoms with van der Waals surface area (Å²) in [6.45, 7) is 9.85. The number of sulfonamides is 1. The molecule has 0 aliphatic carbocycles. The van der Waals surface area contributed by atoms with Crippen LogP contribution in [0.2, 0.25) is 0 Å². The van der Waals surface area contributed by atoms with Crippen molar-refractivity contribution < 1.29 is 13.2 Å². The average Bonchev–Trinajstić information content (AvgIpc) is 2.83. The molecule has 1 atom stereocenters. The van der Waals surface area contributed by atoms with Crippen molar-refractivity contribution in [3.63, 3.8) is 0 Å². The number of carbonyl (C=O) groups excluding carboxylic acids is 1. The summed E-state index contributed by atoms with van der Waals surface area (Å²) in [6.07, 6.45) is 1.37. The highest BCUT2D eigenvalue weighted by Gasteiger charge is 2.30. The Labute approximate surface area is 210 Å². The molecular formula is C29H36N2O3S. The number of hydrogen-bond donors (Lipinski definition) is 1. The Morgan fingerprint density at radius 1 is 0.943 bits per heavy atom. The van der Waals surface area contributed by atoms with Crippen LogP contribution in [-0.4, -0.2) is 26.9 Å². The van der Waals surface area contributed by atoms with E-state index in [4.69, 9.17) is 0 Å². The SMILES string of the molecule is CCc1ccccc1N(CC(=O)NC(C)CC(C)(C)c1ccccc1)S(=O)(=O)c1ccc(C)cc1. The van der Waals surface area contributed by atoms with E-state index in [0.29, 0.717) is 12.1 Å². The number of hydrogen-bond acceptors (Lipinski definition) is 3. The second-order valence-electron chi connectivity index (χ2n) is 9.73. The molecule has 0 aliphatic heterocycles. The van der Waals surface area contributed by atoms with Gasteiger partial charge in [0.15, 0.2) is 0 Å². The Bertz CT molecular complexity index is 1240. The van der Waals surface area contributed by atoms with Crippen LogP contribution in [0.1, 0.15) is 50.8 Å². The van der Waals surface area contributed by atoms with Gasteiger partial charge >= 0.3 is 0 Å². The summed E-state index contributed by atoms with van der Waals surface area (Å²) >= 11 is 0. The Hall–Kier alpha value is -3.12. The van der Waals surface area contributed by atoms with Gasteiger partial charge in [0.2, 0.25) is 5.91 Å². The molecule has 0 fully saturated rings. The van der Waals surface area contributed by atoms with Crippen molar-refractivity contribution in [2.45, 2.75) is 63.8 Å². The fourth-order valence-corrected chi connectivity index (χ4v) is 5.92. The molecule has 0 heterocycles. The minimum absolute atomic E-state index is 0.136. The molecule has 0 bridgehead atoms. The maximum atomic E-state index is 13.7. The second kappa shape index (κ2) is 11.1. The van der Waals surface area contributed by atoms with Gasteiger partial charge in [0, 0.05) is 6.04 Å². The molecule has 0 saturated carbocycles. The third-order valence-electron chi connectivity index (χ3n) is 6.32. The first-order chi connectivity index (χ1) is 16.5. The molecular weight excluding hydrogens is 456 g/mol. The van der Waals surface area contributed by atoms with Gasteiger partial charge in [0.1, 0.15) is 6.54 Å². The zero-order valence-electron chi connectivity index (χ0n) is 21.3. The fourth-order valence-electron chi connectivity index (χ4n) is 4.46. The first-order valence-electron chi connectivity index (χ1n) is 12.1. The number of amides is 1. The van der Waals surface area contributed by atoms with Crippen LogP contribution in [-0.2, 0) is 26.7 Å². The average molecular weight is 493 g/mol. The van der Waals surface area contributed by atoms with E-state index in [9.17, 15) is 13.2 Å². The van der Waals surface area contributed by atoms with Gasteiger partial charge in [0.25, 0.3) is 10.0 Å². The molecule has 0 saturated heterocycles. The van der Waals surface area contributed by atoms with Crippen molar-refractivity contribution >= 4 is 21.6 Å². The standard InChI is InChI=1S/C29H36N2O3S/c1-6-24-12-10-11-15-27(24)31(35(33,34)26-18-16-22(2)17-19-26)21-28(32)30-23(3)20-29(4,5)25-13-8-7-9-14-25/h7-19,23H,6,20-21H2,1-5H3,(H,30,32). The number of para-hydroxylation sites is 1. The van der Waals surface area contributed by atoms with Crippen LogP contribution in [0.4, 0.5) is 5.69 Å². The summed E-state index contributed by atoms with van der Waals surface area (Å²) in [5.41, 5.74) is 3.42. The van der Waals surface area contributed by atoms with E-state index in [2.05, 4.69) is 31.3 Å². The number of rotatable bonds is 10. The predicted molar refractivity (Wildman–Crippen MR) is 143 cm³/mol. The Morgan fingerprint density at radius 2 is 1.54 bits per heavy atom. The summed E-state index contributed by atoms with van der Waals surface area (Å²) in [7, 11) is -3.94. The van der Waals surface area contributed by atoms with E-state index < -0.39 is 10.0 Å². The van der Waals surface area contributed by atoms with Gasteiger partial charge in [0.05, 0.1) is 10.6 Å². The van der Waals surface area contributed by atoms with Crippen molar-refractivity contribution in [2.75, 3.05) is 10.8 Å². The summed E-state index contributed by atoms with van der Waals surface area (Å²) in [5, 5.41) is 3.03. The van der Waals surface area contributed by atoms with Crippen molar-refractivity contribution in [2.24, 2.45) is 0 Å². The van der Waals surface area contributed by atoms with Gasteiger partial charge in [-0.1, -0.05) is 87.0 Å².